The topological polar surface area (TPSA) is 48.8 Å². The van der Waals surface area contributed by atoms with E-state index in [-0.39, 0.29) is 0 Å². The molecule has 0 bridgehead atoms. The Labute approximate surface area is 316 Å². The summed E-state index contributed by atoms with van der Waals surface area (Å²) in [6.07, 6.45) is 1.64. The van der Waals surface area contributed by atoms with Gasteiger partial charge in [-0.1, -0.05) is 133 Å². The molecule has 5 heteroatoms. The van der Waals surface area contributed by atoms with Crippen molar-refractivity contribution in [2.45, 2.75) is 12.8 Å². The van der Waals surface area contributed by atoms with Crippen LogP contribution in [0.15, 0.2) is 174 Å². The largest absolute Gasteiger partial charge is 0.460 e. The van der Waals surface area contributed by atoms with Gasteiger partial charge in [0.15, 0.2) is 0 Å². The Kier molecular flexibility index (Phi) is 6.39. The standard InChI is InChI=1S/C50H32N4O/c1-3-13-31(14-4-1)32-23-25-34(26-24-32)53-41-21-11-8-17-35(41)36-27-29-42-45(48(36)53)39-28-30-44-46(38-19-9-12-22-43(38)55-44)49(39)54(42)50-51-40-20-10-7-18-37(40)47(52-50)33-15-5-2-6-16-33/h1-27,29H,28,30H2. The third-order valence-corrected chi connectivity index (χ3v) is 11.4. The van der Waals surface area contributed by atoms with Crippen molar-refractivity contribution in [2.75, 3.05) is 0 Å². The van der Waals surface area contributed by atoms with Crippen LogP contribution in [0.2, 0.25) is 0 Å². The zero-order valence-corrected chi connectivity index (χ0v) is 29.8. The van der Waals surface area contributed by atoms with Crippen LogP contribution in [0.5, 0.6) is 0 Å². The Morgan fingerprint density at radius 2 is 1.15 bits per heavy atom. The summed E-state index contributed by atoms with van der Waals surface area (Å²) in [5.74, 6) is 1.66. The monoisotopic (exact) mass is 704 g/mol. The number of rotatable bonds is 4. The highest BCUT2D eigenvalue weighted by Crippen LogP contribution is 2.49. The number of fused-ring (bicyclic) bond motifs is 12. The van der Waals surface area contributed by atoms with Gasteiger partial charge in [0.05, 0.1) is 33.5 Å². The number of hydrogen-bond acceptors (Lipinski definition) is 3. The van der Waals surface area contributed by atoms with Gasteiger partial charge in [-0.3, -0.25) is 4.57 Å². The third-order valence-electron chi connectivity index (χ3n) is 11.4. The van der Waals surface area contributed by atoms with E-state index in [9.17, 15) is 0 Å². The first-order valence-corrected chi connectivity index (χ1v) is 18.9. The van der Waals surface area contributed by atoms with Gasteiger partial charge in [0.1, 0.15) is 11.3 Å². The fourth-order valence-corrected chi connectivity index (χ4v) is 9.07. The predicted molar refractivity (Wildman–Crippen MR) is 224 cm³/mol. The first-order valence-electron chi connectivity index (χ1n) is 18.9. The normalized spacial score (nSPS) is 12.6. The lowest BCUT2D eigenvalue weighted by atomic mass is 9.91. The number of para-hydroxylation sites is 3. The molecule has 0 atom stereocenters. The molecule has 1 aliphatic carbocycles. The second-order valence-electron chi connectivity index (χ2n) is 14.4. The molecule has 0 unspecified atom stereocenters. The quantitative estimate of drug-likeness (QED) is 0.183. The van der Waals surface area contributed by atoms with Crippen molar-refractivity contribution >= 4 is 54.6 Å². The van der Waals surface area contributed by atoms with Crippen LogP contribution in [-0.4, -0.2) is 19.1 Å². The van der Waals surface area contributed by atoms with Crippen LogP contribution < -0.4 is 0 Å². The summed E-state index contributed by atoms with van der Waals surface area (Å²) >= 11 is 0. The average molecular weight is 705 g/mol. The minimum atomic E-state index is 0.649. The molecule has 0 amide bonds. The van der Waals surface area contributed by atoms with E-state index in [1.54, 1.807) is 0 Å². The second-order valence-corrected chi connectivity index (χ2v) is 14.4. The molecule has 0 aliphatic heterocycles. The Balaban J connectivity index is 1.23. The van der Waals surface area contributed by atoms with Crippen molar-refractivity contribution < 1.29 is 4.42 Å². The van der Waals surface area contributed by atoms with Crippen molar-refractivity contribution in [3.05, 3.63) is 181 Å². The summed E-state index contributed by atoms with van der Waals surface area (Å²) in [6, 6.07) is 60.2. The summed E-state index contributed by atoms with van der Waals surface area (Å²) in [5.41, 5.74) is 14.3. The molecule has 5 nitrogen and oxygen atoms in total. The molecular formula is C50H32N4O. The van der Waals surface area contributed by atoms with Gasteiger partial charge in [0.2, 0.25) is 5.95 Å². The first kappa shape index (κ1) is 30.2. The summed E-state index contributed by atoms with van der Waals surface area (Å²) < 4.78 is 11.4. The Bertz CT molecular complexity index is 3300. The van der Waals surface area contributed by atoms with Gasteiger partial charge in [-0.25, -0.2) is 9.97 Å². The molecule has 1 aliphatic rings. The Morgan fingerprint density at radius 1 is 0.473 bits per heavy atom. The van der Waals surface area contributed by atoms with E-state index in [0.29, 0.717) is 5.95 Å². The lowest BCUT2D eigenvalue weighted by Gasteiger charge is -2.17. The zero-order valence-electron chi connectivity index (χ0n) is 29.8. The van der Waals surface area contributed by atoms with Gasteiger partial charge in [-0.2, -0.15) is 0 Å². The van der Waals surface area contributed by atoms with Crippen LogP contribution in [0, 0.1) is 0 Å². The molecule has 11 aromatic rings. The van der Waals surface area contributed by atoms with Gasteiger partial charge in [0, 0.05) is 50.2 Å². The summed E-state index contributed by atoms with van der Waals surface area (Å²) in [6.45, 7) is 0. The van der Waals surface area contributed by atoms with Gasteiger partial charge in [0.25, 0.3) is 0 Å². The fraction of sp³-hybridized carbons (Fsp3) is 0.0400. The molecule has 0 saturated carbocycles. The fourth-order valence-electron chi connectivity index (χ4n) is 9.07. The Morgan fingerprint density at radius 3 is 1.96 bits per heavy atom. The molecular weight excluding hydrogens is 673 g/mol. The van der Waals surface area contributed by atoms with Gasteiger partial charge in [-0.05, 0) is 59.5 Å². The molecule has 4 aromatic heterocycles. The first-order chi connectivity index (χ1) is 27.3. The molecule has 0 saturated heterocycles. The van der Waals surface area contributed by atoms with Crippen LogP contribution in [0.1, 0.15) is 11.3 Å². The minimum absolute atomic E-state index is 0.649. The van der Waals surface area contributed by atoms with Crippen LogP contribution in [0.3, 0.4) is 0 Å². The smallest absolute Gasteiger partial charge is 0.235 e. The molecule has 12 rings (SSSR count). The number of hydrogen-bond donors (Lipinski definition) is 0. The maximum absolute atomic E-state index is 6.61. The molecule has 0 spiro atoms. The van der Waals surface area contributed by atoms with E-state index in [1.807, 2.05) is 0 Å². The molecule has 4 heterocycles. The SMILES string of the molecule is c1ccc(-c2ccc(-n3c4ccccc4c4ccc5c(c6c(n5-c5nc(-c7ccccc7)c7ccccc7n5)-c5c(oc7ccccc57)CC6)c43)cc2)cc1. The van der Waals surface area contributed by atoms with Crippen molar-refractivity contribution in [1.82, 2.24) is 19.1 Å². The third kappa shape index (κ3) is 4.41. The van der Waals surface area contributed by atoms with E-state index in [0.717, 1.165) is 74.2 Å². The van der Waals surface area contributed by atoms with E-state index >= 15 is 0 Å². The Hall–Kier alpha value is -7.24. The lowest BCUT2D eigenvalue weighted by Crippen LogP contribution is -2.08. The van der Waals surface area contributed by atoms with Crippen LogP contribution in [-0.2, 0) is 12.8 Å². The molecule has 55 heavy (non-hydrogen) atoms. The number of furan rings is 1. The van der Waals surface area contributed by atoms with Crippen LogP contribution in [0.4, 0.5) is 0 Å². The van der Waals surface area contributed by atoms with E-state index < -0.39 is 0 Å². The van der Waals surface area contributed by atoms with E-state index in [1.165, 1.54) is 43.9 Å². The molecule has 0 fully saturated rings. The van der Waals surface area contributed by atoms with E-state index in [4.69, 9.17) is 14.4 Å². The molecule has 7 aromatic carbocycles. The highest BCUT2D eigenvalue weighted by atomic mass is 16.3. The lowest BCUT2D eigenvalue weighted by molar-refractivity contribution is 0.545. The number of aromatic nitrogens is 4. The number of nitrogens with zero attached hydrogens (tertiary/aromatic N) is 4. The van der Waals surface area contributed by atoms with Crippen molar-refractivity contribution in [2.24, 2.45) is 0 Å². The second kappa shape index (κ2) is 11.6. The van der Waals surface area contributed by atoms with E-state index in [2.05, 4.69) is 179 Å². The number of benzene rings is 7. The molecule has 258 valence electrons. The van der Waals surface area contributed by atoms with Crippen molar-refractivity contribution in [1.29, 1.82) is 0 Å². The van der Waals surface area contributed by atoms with Crippen LogP contribution >= 0.6 is 0 Å². The average Bonchev–Trinajstić information content (AvgIpc) is 3.91. The number of aryl methyl sites for hydroxylation is 2. The van der Waals surface area contributed by atoms with Crippen LogP contribution in [0.25, 0.3) is 99.9 Å². The maximum Gasteiger partial charge on any atom is 0.235 e. The maximum atomic E-state index is 6.61. The highest BCUT2D eigenvalue weighted by molar-refractivity contribution is 6.21. The highest BCUT2D eigenvalue weighted by Gasteiger charge is 2.33. The van der Waals surface area contributed by atoms with Gasteiger partial charge in [-0.15, -0.1) is 0 Å². The van der Waals surface area contributed by atoms with Gasteiger partial charge < -0.3 is 8.98 Å². The summed E-state index contributed by atoms with van der Waals surface area (Å²) in [4.78, 5) is 10.8. The molecule has 0 radical (unpaired) electrons. The van der Waals surface area contributed by atoms with Gasteiger partial charge >= 0.3 is 0 Å². The van der Waals surface area contributed by atoms with Crippen molar-refractivity contribution in [3.8, 4) is 45.3 Å². The minimum Gasteiger partial charge on any atom is -0.460 e. The zero-order chi connectivity index (χ0) is 36.0. The predicted octanol–water partition coefficient (Wildman–Crippen LogP) is 12.5. The molecule has 0 N–H and O–H groups in total. The van der Waals surface area contributed by atoms with Crippen molar-refractivity contribution in [3.63, 3.8) is 0 Å². The summed E-state index contributed by atoms with van der Waals surface area (Å²) in [5, 5.41) is 5.82. The summed E-state index contributed by atoms with van der Waals surface area (Å²) in [7, 11) is 0.